The van der Waals surface area contributed by atoms with Crippen molar-refractivity contribution in [2.24, 2.45) is 5.92 Å². The average Bonchev–Trinajstić information content (AvgIpc) is 3.15. The molecule has 0 amide bonds. The van der Waals surface area contributed by atoms with Crippen LogP contribution in [0.5, 0.6) is 0 Å². The van der Waals surface area contributed by atoms with E-state index in [4.69, 9.17) is 4.98 Å². The maximum Gasteiger partial charge on any atom is 0.160 e. The molecular formula is C16H23N5. The van der Waals surface area contributed by atoms with Gasteiger partial charge < -0.3 is 15.2 Å². The lowest BCUT2D eigenvalue weighted by Gasteiger charge is -2.26. The van der Waals surface area contributed by atoms with Gasteiger partial charge in [0.25, 0.3) is 0 Å². The quantitative estimate of drug-likeness (QED) is 0.897. The minimum atomic E-state index is 0.503. The van der Waals surface area contributed by atoms with E-state index in [0.29, 0.717) is 6.04 Å². The Morgan fingerprint density at radius 3 is 2.95 bits per heavy atom. The summed E-state index contributed by atoms with van der Waals surface area (Å²) in [6.07, 6.45) is 6.68. The molecule has 4 heterocycles. The van der Waals surface area contributed by atoms with Crippen molar-refractivity contribution in [3.05, 3.63) is 24.2 Å². The summed E-state index contributed by atoms with van der Waals surface area (Å²) in [6.45, 7) is 4.45. The van der Waals surface area contributed by atoms with Gasteiger partial charge in [-0.2, -0.15) is 0 Å². The third-order valence-electron chi connectivity index (χ3n) is 4.79. The fourth-order valence-corrected chi connectivity index (χ4v) is 3.70. The second-order valence-electron chi connectivity index (χ2n) is 6.31. The minimum absolute atomic E-state index is 0.503. The molecule has 5 nitrogen and oxygen atoms in total. The summed E-state index contributed by atoms with van der Waals surface area (Å²) in [4.78, 5) is 9.50. The fourth-order valence-electron chi connectivity index (χ4n) is 3.70. The summed E-state index contributed by atoms with van der Waals surface area (Å²) in [5.41, 5.74) is 2.11. The molecule has 2 aromatic heterocycles. The number of imidazole rings is 1. The Kier molecular flexibility index (Phi) is 3.61. The zero-order chi connectivity index (χ0) is 14.1. The van der Waals surface area contributed by atoms with Crippen LogP contribution in [0.2, 0.25) is 0 Å². The third kappa shape index (κ3) is 2.56. The molecule has 2 saturated heterocycles. The van der Waals surface area contributed by atoms with Gasteiger partial charge in [0.15, 0.2) is 5.65 Å². The number of fused-ring (bicyclic) bond motifs is 1. The summed E-state index contributed by atoms with van der Waals surface area (Å²) in [6, 6.07) is 4.58. The number of nitrogens with zero attached hydrogens (tertiary/aromatic N) is 3. The van der Waals surface area contributed by atoms with E-state index in [1.54, 1.807) is 0 Å². The normalized spacial score (nSPS) is 26.5. The predicted molar refractivity (Wildman–Crippen MR) is 83.3 cm³/mol. The lowest BCUT2D eigenvalue weighted by atomic mass is 10.0. The zero-order valence-corrected chi connectivity index (χ0v) is 12.4. The highest BCUT2D eigenvalue weighted by molar-refractivity contribution is 5.71. The third-order valence-corrected chi connectivity index (χ3v) is 4.79. The topological polar surface area (TPSA) is 54.8 Å². The van der Waals surface area contributed by atoms with Crippen molar-refractivity contribution in [3.8, 4) is 0 Å². The van der Waals surface area contributed by atoms with Crippen molar-refractivity contribution >= 4 is 11.2 Å². The van der Waals surface area contributed by atoms with Crippen LogP contribution in [0.25, 0.3) is 11.2 Å². The molecule has 0 spiro atoms. The molecule has 0 saturated carbocycles. The number of pyridine rings is 1. The van der Waals surface area contributed by atoms with Crippen molar-refractivity contribution in [1.29, 1.82) is 0 Å². The van der Waals surface area contributed by atoms with Crippen molar-refractivity contribution < 1.29 is 0 Å². The highest BCUT2D eigenvalue weighted by Gasteiger charge is 2.24. The molecule has 0 bridgehead atoms. The number of hydrogen-bond donors (Lipinski definition) is 2. The zero-order valence-electron chi connectivity index (χ0n) is 12.4. The van der Waals surface area contributed by atoms with Crippen LogP contribution in [0.15, 0.2) is 18.3 Å². The van der Waals surface area contributed by atoms with Crippen LogP contribution >= 0.6 is 0 Å². The predicted octanol–water partition coefficient (Wildman–Crippen LogP) is 1.51. The maximum absolute atomic E-state index is 4.90. The molecule has 2 aliphatic heterocycles. The van der Waals surface area contributed by atoms with Gasteiger partial charge in [0.2, 0.25) is 0 Å². The SMILES string of the molecule is c1cnc2c(c1)nc(CC1CCNC1)n2C1CCCNC1. The Morgan fingerprint density at radius 1 is 1.19 bits per heavy atom. The average molecular weight is 285 g/mol. The van der Waals surface area contributed by atoms with E-state index in [-0.39, 0.29) is 0 Å². The Labute approximate surface area is 125 Å². The van der Waals surface area contributed by atoms with Crippen LogP contribution in [0.1, 0.15) is 31.1 Å². The van der Waals surface area contributed by atoms with E-state index in [2.05, 4.69) is 26.3 Å². The van der Waals surface area contributed by atoms with Crippen LogP contribution in [0.4, 0.5) is 0 Å². The molecule has 5 heteroatoms. The molecule has 2 fully saturated rings. The standard InChI is InChI=1S/C16H23N5/c1-3-13(11-17-6-1)21-15(9-12-5-8-18-10-12)20-14-4-2-7-19-16(14)21/h2,4,7,12-13,17-18H,1,3,5-6,8-11H2. The first-order valence-electron chi connectivity index (χ1n) is 8.15. The van der Waals surface area contributed by atoms with Crippen molar-refractivity contribution in [1.82, 2.24) is 25.2 Å². The van der Waals surface area contributed by atoms with Gasteiger partial charge in [0, 0.05) is 25.2 Å². The Bertz CT molecular complexity index is 608. The number of aromatic nitrogens is 3. The molecule has 21 heavy (non-hydrogen) atoms. The fraction of sp³-hybridized carbons (Fsp3) is 0.625. The summed E-state index contributed by atoms with van der Waals surface area (Å²) in [5.74, 6) is 1.95. The summed E-state index contributed by atoms with van der Waals surface area (Å²) in [5, 5.41) is 6.98. The van der Waals surface area contributed by atoms with Crippen LogP contribution in [0, 0.1) is 5.92 Å². The molecule has 2 atom stereocenters. The van der Waals surface area contributed by atoms with E-state index in [1.807, 2.05) is 12.3 Å². The minimum Gasteiger partial charge on any atom is -0.316 e. The Morgan fingerprint density at radius 2 is 2.14 bits per heavy atom. The van der Waals surface area contributed by atoms with E-state index in [1.165, 1.54) is 25.1 Å². The van der Waals surface area contributed by atoms with E-state index in [0.717, 1.165) is 49.7 Å². The Balaban J connectivity index is 1.72. The molecule has 0 aliphatic carbocycles. The van der Waals surface area contributed by atoms with Gasteiger partial charge in [-0.3, -0.25) is 0 Å². The molecule has 112 valence electrons. The number of nitrogens with one attached hydrogen (secondary N) is 2. The summed E-state index contributed by atoms with van der Waals surface area (Å²) < 4.78 is 2.42. The van der Waals surface area contributed by atoms with Crippen LogP contribution in [0.3, 0.4) is 0 Å². The van der Waals surface area contributed by atoms with Gasteiger partial charge >= 0.3 is 0 Å². The van der Waals surface area contributed by atoms with Gasteiger partial charge in [0.05, 0.1) is 0 Å². The second-order valence-corrected chi connectivity index (χ2v) is 6.31. The van der Waals surface area contributed by atoms with E-state index >= 15 is 0 Å². The highest BCUT2D eigenvalue weighted by atomic mass is 15.2. The lowest BCUT2D eigenvalue weighted by molar-refractivity contribution is 0.364. The number of rotatable bonds is 3. The van der Waals surface area contributed by atoms with E-state index in [9.17, 15) is 0 Å². The molecule has 0 radical (unpaired) electrons. The number of piperidine rings is 1. The molecule has 2 N–H and O–H groups in total. The molecule has 2 unspecified atom stereocenters. The van der Waals surface area contributed by atoms with Crippen molar-refractivity contribution in [2.75, 3.05) is 26.2 Å². The van der Waals surface area contributed by atoms with Gasteiger partial charge in [-0.15, -0.1) is 0 Å². The summed E-state index contributed by atoms with van der Waals surface area (Å²) in [7, 11) is 0. The van der Waals surface area contributed by atoms with Gasteiger partial charge in [0.1, 0.15) is 11.3 Å². The number of hydrogen-bond acceptors (Lipinski definition) is 4. The van der Waals surface area contributed by atoms with Crippen LogP contribution < -0.4 is 10.6 Å². The van der Waals surface area contributed by atoms with Crippen LogP contribution in [-0.2, 0) is 6.42 Å². The molecule has 4 rings (SSSR count). The van der Waals surface area contributed by atoms with Crippen molar-refractivity contribution in [3.63, 3.8) is 0 Å². The van der Waals surface area contributed by atoms with Gasteiger partial charge in [-0.05, 0) is 56.9 Å². The molecular weight excluding hydrogens is 262 g/mol. The first-order valence-corrected chi connectivity index (χ1v) is 8.15. The highest BCUT2D eigenvalue weighted by Crippen LogP contribution is 2.26. The van der Waals surface area contributed by atoms with E-state index < -0.39 is 0 Å². The Hall–Kier alpha value is -1.46. The molecule has 2 aliphatic rings. The maximum atomic E-state index is 4.90. The van der Waals surface area contributed by atoms with Crippen molar-refractivity contribution in [2.45, 2.75) is 31.7 Å². The van der Waals surface area contributed by atoms with Crippen LogP contribution in [-0.4, -0.2) is 40.7 Å². The second kappa shape index (κ2) is 5.73. The largest absolute Gasteiger partial charge is 0.316 e. The van der Waals surface area contributed by atoms with Gasteiger partial charge in [-0.1, -0.05) is 0 Å². The molecule has 0 aromatic carbocycles. The smallest absolute Gasteiger partial charge is 0.160 e. The first-order chi connectivity index (χ1) is 10.4. The van der Waals surface area contributed by atoms with Gasteiger partial charge in [-0.25, -0.2) is 9.97 Å². The lowest BCUT2D eigenvalue weighted by Crippen LogP contribution is -2.32. The molecule has 2 aromatic rings. The summed E-state index contributed by atoms with van der Waals surface area (Å²) >= 11 is 0. The monoisotopic (exact) mass is 285 g/mol. The first kappa shape index (κ1) is 13.2.